The first-order chi connectivity index (χ1) is 6.57. The third-order valence-electron chi connectivity index (χ3n) is 2.80. The van der Waals surface area contributed by atoms with Crippen molar-refractivity contribution in [2.75, 3.05) is 17.2 Å². The molecule has 2 N–H and O–H groups in total. The summed E-state index contributed by atoms with van der Waals surface area (Å²) < 4.78 is 0. The van der Waals surface area contributed by atoms with E-state index in [2.05, 4.69) is 55.7 Å². The third kappa shape index (κ3) is 1.69. The van der Waals surface area contributed by atoms with Gasteiger partial charge in [0.25, 0.3) is 0 Å². The van der Waals surface area contributed by atoms with E-state index in [0.29, 0.717) is 11.5 Å². The first kappa shape index (κ1) is 9.38. The van der Waals surface area contributed by atoms with Gasteiger partial charge in [-0.1, -0.05) is 32.9 Å². The molecule has 2 heteroatoms. The van der Waals surface area contributed by atoms with Crippen LogP contribution >= 0.6 is 0 Å². The molecule has 0 spiro atoms. The van der Waals surface area contributed by atoms with Crippen molar-refractivity contribution < 1.29 is 0 Å². The molecule has 0 amide bonds. The quantitative estimate of drug-likeness (QED) is 0.657. The zero-order valence-electron chi connectivity index (χ0n) is 9.09. The van der Waals surface area contributed by atoms with Crippen molar-refractivity contribution in [3.63, 3.8) is 0 Å². The van der Waals surface area contributed by atoms with Crippen molar-refractivity contribution in [2.24, 2.45) is 5.41 Å². The smallest absolute Gasteiger partial charge is 0.0578 e. The van der Waals surface area contributed by atoms with Gasteiger partial charge in [-0.15, -0.1) is 0 Å². The zero-order chi connectivity index (χ0) is 10.2. The summed E-state index contributed by atoms with van der Waals surface area (Å²) in [5, 5.41) is 7.03. The minimum Gasteiger partial charge on any atom is -0.381 e. The van der Waals surface area contributed by atoms with Crippen LogP contribution in [0.15, 0.2) is 24.3 Å². The van der Waals surface area contributed by atoms with Crippen LogP contribution in [-0.4, -0.2) is 12.6 Å². The fraction of sp³-hybridized carbons (Fsp3) is 0.500. The van der Waals surface area contributed by atoms with Crippen LogP contribution in [0, 0.1) is 5.41 Å². The summed E-state index contributed by atoms with van der Waals surface area (Å²) in [5.41, 5.74) is 2.73. The zero-order valence-corrected chi connectivity index (χ0v) is 9.09. The Kier molecular flexibility index (Phi) is 2.14. The van der Waals surface area contributed by atoms with Crippen LogP contribution in [0.1, 0.15) is 20.8 Å². The van der Waals surface area contributed by atoms with E-state index in [1.807, 2.05) is 0 Å². The Morgan fingerprint density at radius 3 is 2.43 bits per heavy atom. The highest BCUT2D eigenvalue weighted by atomic mass is 15.1. The number of para-hydroxylation sites is 2. The van der Waals surface area contributed by atoms with Crippen molar-refractivity contribution >= 4 is 11.4 Å². The van der Waals surface area contributed by atoms with Crippen LogP contribution in [0.25, 0.3) is 0 Å². The van der Waals surface area contributed by atoms with E-state index in [0.717, 1.165) is 6.54 Å². The van der Waals surface area contributed by atoms with Gasteiger partial charge in [-0.2, -0.15) is 0 Å². The standard InChI is InChI=1S/C12H18N2/c1-12(2,3)11-8-13-9-6-4-5-7-10(9)14-11/h4-7,11,13-14H,8H2,1-3H3. The number of anilines is 2. The number of fused-ring (bicyclic) bond motifs is 1. The molecule has 1 heterocycles. The van der Waals surface area contributed by atoms with E-state index in [1.54, 1.807) is 0 Å². The van der Waals surface area contributed by atoms with E-state index in [-0.39, 0.29) is 0 Å². The predicted molar refractivity (Wildman–Crippen MR) is 61.8 cm³/mol. The van der Waals surface area contributed by atoms with E-state index in [4.69, 9.17) is 0 Å². The molecule has 14 heavy (non-hydrogen) atoms. The Morgan fingerprint density at radius 1 is 1.14 bits per heavy atom. The maximum atomic E-state index is 3.57. The van der Waals surface area contributed by atoms with Gasteiger partial charge in [0.1, 0.15) is 0 Å². The van der Waals surface area contributed by atoms with Crippen molar-refractivity contribution in [2.45, 2.75) is 26.8 Å². The summed E-state index contributed by atoms with van der Waals surface area (Å²) in [6.45, 7) is 7.79. The molecule has 1 unspecified atom stereocenters. The monoisotopic (exact) mass is 190 g/mol. The highest BCUT2D eigenvalue weighted by Crippen LogP contribution is 2.31. The van der Waals surface area contributed by atoms with Crippen molar-refractivity contribution in [3.8, 4) is 0 Å². The van der Waals surface area contributed by atoms with E-state index < -0.39 is 0 Å². The SMILES string of the molecule is CC(C)(C)C1CNc2ccccc2N1. The second-order valence-electron chi connectivity index (χ2n) is 4.99. The lowest BCUT2D eigenvalue weighted by molar-refractivity contribution is 0.348. The highest BCUT2D eigenvalue weighted by molar-refractivity contribution is 5.71. The molecule has 2 nitrogen and oxygen atoms in total. The van der Waals surface area contributed by atoms with Crippen molar-refractivity contribution in [1.29, 1.82) is 0 Å². The predicted octanol–water partition coefficient (Wildman–Crippen LogP) is 2.94. The highest BCUT2D eigenvalue weighted by Gasteiger charge is 2.27. The lowest BCUT2D eigenvalue weighted by Gasteiger charge is -2.37. The molecule has 0 saturated carbocycles. The molecule has 0 bridgehead atoms. The number of nitrogens with one attached hydrogen (secondary N) is 2. The van der Waals surface area contributed by atoms with Crippen LogP contribution in [0.3, 0.4) is 0 Å². The van der Waals surface area contributed by atoms with Gasteiger partial charge in [-0.25, -0.2) is 0 Å². The molecular weight excluding hydrogens is 172 g/mol. The molecule has 0 aliphatic carbocycles. The number of benzene rings is 1. The molecule has 0 aromatic heterocycles. The molecule has 2 rings (SSSR count). The van der Waals surface area contributed by atoms with Crippen LogP contribution in [-0.2, 0) is 0 Å². The molecule has 0 fully saturated rings. The topological polar surface area (TPSA) is 24.1 Å². The average molecular weight is 190 g/mol. The Labute approximate surface area is 85.7 Å². The summed E-state index contributed by atoms with van der Waals surface area (Å²) in [4.78, 5) is 0. The van der Waals surface area contributed by atoms with Gasteiger partial charge in [0, 0.05) is 12.6 Å². The van der Waals surface area contributed by atoms with Gasteiger partial charge in [0.05, 0.1) is 11.4 Å². The molecule has 1 aromatic carbocycles. The van der Waals surface area contributed by atoms with Crippen molar-refractivity contribution in [1.82, 2.24) is 0 Å². The number of hydrogen-bond acceptors (Lipinski definition) is 2. The van der Waals surface area contributed by atoms with Crippen LogP contribution in [0.2, 0.25) is 0 Å². The normalized spacial score (nSPS) is 20.6. The van der Waals surface area contributed by atoms with E-state index in [1.165, 1.54) is 11.4 Å². The Morgan fingerprint density at radius 2 is 1.79 bits per heavy atom. The fourth-order valence-electron chi connectivity index (χ4n) is 1.74. The molecule has 1 atom stereocenters. The molecule has 1 aromatic rings. The maximum absolute atomic E-state index is 3.57. The first-order valence-corrected chi connectivity index (χ1v) is 5.17. The van der Waals surface area contributed by atoms with Gasteiger partial charge in [0.2, 0.25) is 0 Å². The Balaban J connectivity index is 2.22. The van der Waals surface area contributed by atoms with E-state index >= 15 is 0 Å². The maximum Gasteiger partial charge on any atom is 0.0578 e. The van der Waals surface area contributed by atoms with Crippen LogP contribution < -0.4 is 10.6 Å². The second kappa shape index (κ2) is 3.19. The third-order valence-corrected chi connectivity index (χ3v) is 2.80. The van der Waals surface area contributed by atoms with Gasteiger partial charge in [0.15, 0.2) is 0 Å². The lowest BCUT2D eigenvalue weighted by Crippen LogP contribution is -2.42. The van der Waals surface area contributed by atoms with Crippen LogP contribution in [0.5, 0.6) is 0 Å². The molecule has 0 saturated heterocycles. The van der Waals surface area contributed by atoms with Crippen LogP contribution in [0.4, 0.5) is 11.4 Å². The van der Waals surface area contributed by atoms with Crippen molar-refractivity contribution in [3.05, 3.63) is 24.3 Å². The summed E-state index contributed by atoms with van der Waals surface area (Å²) in [6, 6.07) is 8.86. The average Bonchev–Trinajstić information content (AvgIpc) is 2.16. The summed E-state index contributed by atoms with van der Waals surface area (Å²) in [5.74, 6) is 0. The Bertz CT molecular complexity index is 325. The van der Waals surface area contributed by atoms with Gasteiger partial charge in [-0.05, 0) is 17.5 Å². The summed E-state index contributed by atoms with van der Waals surface area (Å²) in [7, 11) is 0. The van der Waals surface area contributed by atoms with Gasteiger partial charge in [-0.3, -0.25) is 0 Å². The largest absolute Gasteiger partial charge is 0.381 e. The second-order valence-corrected chi connectivity index (χ2v) is 4.99. The lowest BCUT2D eigenvalue weighted by atomic mass is 9.85. The molecule has 76 valence electrons. The first-order valence-electron chi connectivity index (χ1n) is 5.17. The molecule has 1 aliphatic rings. The summed E-state index contributed by atoms with van der Waals surface area (Å²) >= 11 is 0. The fourth-order valence-corrected chi connectivity index (χ4v) is 1.74. The molecule has 0 radical (unpaired) electrons. The minimum atomic E-state index is 0.292. The van der Waals surface area contributed by atoms with Gasteiger partial charge < -0.3 is 10.6 Å². The van der Waals surface area contributed by atoms with E-state index in [9.17, 15) is 0 Å². The molecular formula is C12H18N2. The number of rotatable bonds is 0. The minimum absolute atomic E-state index is 0.292. The summed E-state index contributed by atoms with van der Waals surface area (Å²) in [6.07, 6.45) is 0. The molecule has 1 aliphatic heterocycles. The number of hydrogen-bond donors (Lipinski definition) is 2. The van der Waals surface area contributed by atoms with Gasteiger partial charge >= 0.3 is 0 Å². The Hall–Kier alpha value is -1.18.